The lowest BCUT2D eigenvalue weighted by atomic mass is 10.0. The molecule has 1 heterocycles. The van der Waals surface area contributed by atoms with Crippen molar-refractivity contribution >= 4 is 32.5 Å². The largest absolute Gasteiger partial charge is 0.385 e. The van der Waals surface area contributed by atoms with Gasteiger partial charge in [0.2, 0.25) is 0 Å². The van der Waals surface area contributed by atoms with Gasteiger partial charge in [0, 0.05) is 27.8 Å². The van der Waals surface area contributed by atoms with E-state index in [1.165, 1.54) is 22.3 Å². The van der Waals surface area contributed by atoms with Gasteiger partial charge in [0.1, 0.15) is 0 Å². The van der Waals surface area contributed by atoms with Gasteiger partial charge >= 0.3 is 0 Å². The Balaban J connectivity index is 2.70. The van der Waals surface area contributed by atoms with Gasteiger partial charge in [-0.3, -0.25) is 4.98 Å². The zero-order chi connectivity index (χ0) is 13.8. The number of anilines is 1. The molecule has 0 radical (unpaired) electrons. The zero-order valence-corrected chi connectivity index (χ0v) is 13.5. The van der Waals surface area contributed by atoms with Gasteiger partial charge < -0.3 is 5.32 Å². The summed E-state index contributed by atoms with van der Waals surface area (Å²) in [6.07, 6.45) is 3.17. The summed E-state index contributed by atoms with van der Waals surface area (Å²) >= 11 is 3.60. The summed E-state index contributed by atoms with van der Waals surface area (Å²) in [5.41, 5.74) is 4.84. The molecule has 1 N–H and O–H groups in total. The summed E-state index contributed by atoms with van der Waals surface area (Å²) in [4.78, 5) is 4.86. The van der Waals surface area contributed by atoms with Crippen molar-refractivity contribution in [3.05, 3.63) is 33.9 Å². The third kappa shape index (κ3) is 3.08. The van der Waals surface area contributed by atoms with Gasteiger partial charge in [-0.15, -0.1) is 0 Å². The molecular weight excluding hydrogens is 300 g/mol. The highest BCUT2D eigenvalue weighted by Crippen LogP contribution is 2.30. The van der Waals surface area contributed by atoms with Crippen LogP contribution in [-0.4, -0.2) is 11.5 Å². The van der Waals surface area contributed by atoms with Crippen LogP contribution in [0.4, 0.5) is 5.69 Å². The molecule has 102 valence electrons. The second kappa shape index (κ2) is 6.38. The maximum atomic E-state index is 4.86. The number of benzene rings is 1. The quantitative estimate of drug-likeness (QED) is 0.843. The first kappa shape index (κ1) is 14.3. The molecule has 19 heavy (non-hydrogen) atoms. The molecule has 0 fully saturated rings. The van der Waals surface area contributed by atoms with Crippen molar-refractivity contribution in [3.8, 4) is 0 Å². The molecule has 0 saturated carbocycles. The van der Waals surface area contributed by atoms with Crippen molar-refractivity contribution in [3.63, 3.8) is 0 Å². The Hall–Kier alpha value is -1.09. The molecule has 0 spiro atoms. The summed E-state index contributed by atoms with van der Waals surface area (Å²) < 4.78 is 1.13. The lowest BCUT2D eigenvalue weighted by Gasteiger charge is -2.13. The summed E-state index contributed by atoms with van der Waals surface area (Å²) in [6, 6.07) is 6.54. The average Bonchev–Trinajstić information content (AvgIpc) is 2.39. The van der Waals surface area contributed by atoms with E-state index in [0.717, 1.165) is 35.8 Å². The molecule has 1 aromatic heterocycles. The number of aryl methyl sites for hydroxylation is 2. The molecule has 0 aliphatic rings. The summed E-state index contributed by atoms with van der Waals surface area (Å²) in [6.45, 7) is 7.44. The molecule has 0 atom stereocenters. The number of pyridine rings is 1. The van der Waals surface area contributed by atoms with E-state index in [1.54, 1.807) is 0 Å². The van der Waals surface area contributed by atoms with Gasteiger partial charge in [0.05, 0.1) is 5.52 Å². The maximum Gasteiger partial charge on any atom is 0.0758 e. The fraction of sp³-hybridized carbons (Fsp3) is 0.438. The number of rotatable bonds is 5. The van der Waals surface area contributed by atoms with Crippen LogP contribution in [-0.2, 0) is 12.8 Å². The van der Waals surface area contributed by atoms with E-state index in [0.29, 0.717) is 0 Å². The summed E-state index contributed by atoms with van der Waals surface area (Å²) in [5.74, 6) is 0. The minimum atomic E-state index is 0.929. The number of hydrogen-bond donors (Lipinski definition) is 1. The standard InChI is InChI=1S/C16H21BrN2/c1-4-7-13-10-15(18-6-3)14-9-12(17)8-11(5-2)16(14)19-13/h8-10H,4-7H2,1-3H3,(H,18,19). The second-order valence-electron chi connectivity index (χ2n) is 4.76. The molecule has 2 rings (SSSR count). The van der Waals surface area contributed by atoms with Crippen LogP contribution in [0, 0.1) is 0 Å². The number of nitrogens with one attached hydrogen (secondary N) is 1. The summed E-state index contributed by atoms with van der Waals surface area (Å²) in [7, 11) is 0. The molecule has 0 unspecified atom stereocenters. The summed E-state index contributed by atoms with van der Waals surface area (Å²) in [5, 5.41) is 4.68. The molecule has 0 bridgehead atoms. The number of hydrogen-bond acceptors (Lipinski definition) is 2. The molecule has 2 nitrogen and oxygen atoms in total. The van der Waals surface area contributed by atoms with E-state index < -0.39 is 0 Å². The van der Waals surface area contributed by atoms with Gasteiger partial charge in [-0.1, -0.05) is 36.2 Å². The zero-order valence-electron chi connectivity index (χ0n) is 11.9. The molecule has 0 aliphatic heterocycles. The molecule has 0 amide bonds. The predicted molar refractivity (Wildman–Crippen MR) is 87.0 cm³/mol. The van der Waals surface area contributed by atoms with Crippen molar-refractivity contribution in [2.75, 3.05) is 11.9 Å². The monoisotopic (exact) mass is 320 g/mol. The molecule has 3 heteroatoms. The first-order valence-electron chi connectivity index (χ1n) is 7.05. The first-order valence-corrected chi connectivity index (χ1v) is 7.84. The lowest BCUT2D eigenvalue weighted by molar-refractivity contribution is 0.888. The van der Waals surface area contributed by atoms with Crippen molar-refractivity contribution < 1.29 is 0 Å². The van der Waals surface area contributed by atoms with Crippen LogP contribution in [0.15, 0.2) is 22.7 Å². The fourth-order valence-corrected chi connectivity index (χ4v) is 2.91. The van der Waals surface area contributed by atoms with E-state index in [-0.39, 0.29) is 0 Å². The van der Waals surface area contributed by atoms with E-state index in [4.69, 9.17) is 4.98 Å². The SMILES string of the molecule is CCCc1cc(NCC)c2cc(Br)cc(CC)c2n1. The van der Waals surface area contributed by atoms with E-state index in [2.05, 4.69) is 60.2 Å². The highest BCUT2D eigenvalue weighted by Gasteiger charge is 2.09. The Morgan fingerprint density at radius 1 is 1.16 bits per heavy atom. The third-order valence-corrected chi connectivity index (χ3v) is 3.72. The fourth-order valence-electron chi connectivity index (χ4n) is 2.40. The van der Waals surface area contributed by atoms with Gasteiger partial charge in [-0.2, -0.15) is 0 Å². The smallest absolute Gasteiger partial charge is 0.0758 e. The predicted octanol–water partition coefficient (Wildman–Crippen LogP) is 4.94. The Labute approximate surface area is 123 Å². The van der Waals surface area contributed by atoms with Crippen LogP contribution in [0.2, 0.25) is 0 Å². The van der Waals surface area contributed by atoms with Crippen LogP contribution in [0.5, 0.6) is 0 Å². The minimum Gasteiger partial charge on any atom is -0.385 e. The molecular formula is C16H21BrN2. The van der Waals surface area contributed by atoms with E-state index in [9.17, 15) is 0 Å². The third-order valence-electron chi connectivity index (χ3n) is 3.26. The molecule has 1 aromatic carbocycles. The number of nitrogens with zero attached hydrogens (tertiary/aromatic N) is 1. The van der Waals surface area contributed by atoms with Crippen LogP contribution in [0.25, 0.3) is 10.9 Å². The van der Waals surface area contributed by atoms with Gasteiger partial charge in [-0.05, 0) is 43.5 Å². The van der Waals surface area contributed by atoms with Crippen LogP contribution in [0.1, 0.15) is 38.4 Å². The van der Waals surface area contributed by atoms with Gasteiger partial charge in [0.15, 0.2) is 0 Å². The van der Waals surface area contributed by atoms with Crippen molar-refractivity contribution in [2.45, 2.75) is 40.0 Å². The van der Waals surface area contributed by atoms with Crippen molar-refractivity contribution in [1.82, 2.24) is 4.98 Å². The Kier molecular flexibility index (Phi) is 4.81. The van der Waals surface area contributed by atoms with Crippen LogP contribution >= 0.6 is 15.9 Å². The van der Waals surface area contributed by atoms with Gasteiger partial charge in [-0.25, -0.2) is 0 Å². The molecule has 0 aliphatic carbocycles. The van der Waals surface area contributed by atoms with Gasteiger partial charge in [0.25, 0.3) is 0 Å². The van der Waals surface area contributed by atoms with Crippen LogP contribution < -0.4 is 5.32 Å². The van der Waals surface area contributed by atoms with E-state index >= 15 is 0 Å². The maximum absolute atomic E-state index is 4.86. The normalized spacial score (nSPS) is 10.9. The highest BCUT2D eigenvalue weighted by molar-refractivity contribution is 9.10. The minimum absolute atomic E-state index is 0.929. The highest BCUT2D eigenvalue weighted by atomic mass is 79.9. The Morgan fingerprint density at radius 3 is 2.58 bits per heavy atom. The van der Waals surface area contributed by atoms with Crippen LogP contribution in [0.3, 0.4) is 0 Å². The van der Waals surface area contributed by atoms with E-state index in [1.807, 2.05) is 0 Å². The number of fused-ring (bicyclic) bond motifs is 1. The Morgan fingerprint density at radius 2 is 1.95 bits per heavy atom. The first-order chi connectivity index (χ1) is 9.19. The number of aromatic nitrogens is 1. The molecule has 0 saturated heterocycles. The lowest BCUT2D eigenvalue weighted by Crippen LogP contribution is -2.02. The average molecular weight is 321 g/mol. The van der Waals surface area contributed by atoms with Crippen molar-refractivity contribution in [1.29, 1.82) is 0 Å². The van der Waals surface area contributed by atoms with Crippen molar-refractivity contribution in [2.24, 2.45) is 0 Å². The number of halogens is 1. The topological polar surface area (TPSA) is 24.9 Å². The Bertz CT molecular complexity index is 578. The molecule has 2 aromatic rings. The second-order valence-corrected chi connectivity index (χ2v) is 5.67.